The Labute approximate surface area is 169 Å². The Bertz CT molecular complexity index is 1040. The van der Waals surface area contributed by atoms with Gasteiger partial charge in [0.25, 0.3) is 5.91 Å². The number of methoxy groups -OCH3 is 1. The molecule has 0 aromatic heterocycles. The second-order valence-electron chi connectivity index (χ2n) is 6.13. The maximum Gasteiger partial charge on any atom is 0.267 e. The van der Waals surface area contributed by atoms with E-state index in [9.17, 15) is 10.1 Å². The van der Waals surface area contributed by atoms with Crippen molar-refractivity contribution in [2.75, 3.05) is 23.1 Å². The number of benzene rings is 3. The number of nitrogens with zero attached hydrogens (tertiary/aromatic N) is 2. The fraction of sp³-hybridized carbons (Fsp3) is 0.0435. The molecule has 0 bridgehead atoms. The van der Waals surface area contributed by atoms with Crippen LogP contribution in [0.5, 0.6) is 5.75 Å². The van der Waals surface area contributed by atoms with E-state index in [2.05, 4.69) is 5.32 Å². The highest BCUT2D eigenvalue weighted by atomic mass is 16.5. The lowest BCUT2D eigenvalue weighted by Gasteiger charge is -2.21. The SMILES string of the molecule is COc1ccc(NC(=O)/C(C#N)=C\N(c2ccccc2)c2ccc(N)cc2)cc1. The van der Waals surface area contributed by atoms with E-state index < -0.39 is 5.91 Å². The van der Waals surface area contributed by atoms with E-state index in [-0.39, 0.29) is 5.57 Å². The molecule has 0 radical (unpaired) electrons. The van der Waals surface area contributed by atoms with Crippen molar-refractivity contribution in [3.05, 3.63) is 90.6 Å². The standard InChI is InChI=1S/C23H20N4O2/c1-29-22-13-9-19(10-14-22)26-23(28)17(15-24)16-27(20-5-3-2-4-6-20)21-11-7-18(25)8-12-21/h2-14,16H,25H2,1H3,(H,26,28)/b17-16-. The van der Waals surface area contributed by atoms with Gasteiger partial charge in [-0.05, 0) is 60.7 Å². The fourth-order valence-corrected chi connectivity index (χ4v) is 2.66. The van der Waals surface area contributed by atoms with Crippen molar-refractivity contribution >= 4 is 28.7 Å². The molecule has 6 heteroatoms. The number of ether oxygens (including phenoxy) is 1. The molecular formula is C23H20N4O2. The van der Waals surface area contributed by atoms with E-state index in [1.165, 1.54) is 6.20 Å². The summed E-state index contributed by atoms with van der Waals surface area (Å²) in [7, 11) is 1.57. The van der Waals surface area contributed by atoms with Gasteiger partial charge in [-0.2, -0.15) is 5.26 Å². The first-order chi connectivity index (χ1) is 14.1. The molecule has 3 rings (SSSR count). The molecule has 0 aliphatic heterocycles. The van der Waals surface area contributed by atoms with Crippen LogP contribution in [0, 0.1) is 11.3 Å². The van der Waals surface area contributed by atoms with Crippen LogP contribution in [-0.4, -0.2) is 13.0 Å². The number of nitrogens with two attached hydrogens (primary N) is 1. The van der Waals surface area contributed by atoms with Gasteiger partial charge in [-0.15, -0.1) is 0 Å². The molecule has 144 valence electrons. The van der Waals surface area contributed by atoms with Gasteiger partial charge in [0, 0.05) is 28.9 Å². The van der Waals surface area contributed by atoms with Gasteiger partial charge >= 0.3 is 0 Å². The topological polar surface area (TPSA) is 91.4 Å². The van der Waals surface area contributed by atoms with Gasteiger partial charge in [0.1, 0.15) is 17.4 Å². The lowest BCUT2D eigenvalue weighted by molar-refractivity contribution is -0.112. The molecule has 6 nitrogen and oxygen atoms in total. The number of carbonyl (C=O) groups is 1. The van der Waals surface area contributed by atoms with Crippen molar-refractivity contribution < 1.29 is 9.53 Å². The lowest BCUT2D eigenvalue weighted by atomic mass is 10.2. The third-order valence-corrected chi connectivity index (χ3v) is 4.18. The minimum Gasteiger partial charge on any atom is -0.497 e. The minimum atomic E-state index is -0.506. The molecule has 3 aromatic carbocycles. The van der Waals surface area contributed by atoms with Crippen LogP contribution in [0.15, 0.2) is 90.6 Å². The molecular weight excluding hydrogens is 364 g/mol. The Balaban J connectivity index is 1.92. The number of hydrogen-bond donors (Lipinski definition) is 2. The molecule has 0 aliphatic carbocycles. The largest absolute Gasteiger partial charge is 0.497 e. The first-order valence-corrected chi connectivity index (χ1v) is 8.88. The second-order valence-corrected chi connectivity index (χ2v) is 6.13. The summed E-state index contributed by atoms with van der Waals surface area (Å²) < 4.78 is 5.11. The number of hydrogen-bond acceptors (Lipinski definition) is 5. The van der Waals surface area contributed by atoms with Crippen LogP contribution in [0.4, 0.5) is 22.7 Å². The summed E-state index contributed by atoms with van der Waals surface area (Å²) in [5, 5.41) is 12.3. The molecule has 0 unspecified atom stereocenters. The number of amides is 1. The summed E-state index contributed by atoms with van der Waals surface area (Å²) in [6, 6.07) is 25.5. The van der Waals surface area contributed by atoms with Gasteiger partial charge in [0.15, 0.2) is 0 Å². The van der Waals surface area contributed by atoms with E-state index >= 15 is 0 Å². The zero-order chi connectivity index (χ0) is 20.6. The second kappa shape index (κ2) is 9.11. The first kappa shape index (κ1) is 19.5. The molecule has 0 saturated carbocycles. The van der Waals surface area contributed by atoms with Crippen LogP contribution in [0.25, 0.3) is 0 Å². The van der Waals surface area contributed by atoms with E-state index in [1.807, 2.05) is 48.5 Å². The molecule has 1 amide bonds. The normalized spacial score (nSPS) is 10.7. The van der Waals surface area contributed by atoms with Crippen molar-refractivity contribution in [2.24, 2.45) is 0 Å². The van der Waals surface area contributed by atoms with Crippen LogP contribution in [0.1, 0.15) is 0 Å². The Morgan fingerprint density at radius 2 is 1.62 bits per heavy atom. The predicted octanol–water partition coefficient (Wildman–Crippen LogP) is 4.46. The van der Waals surface area contributed by atoms with E-state index in [4.69, 9.17) is 10.5 Å². The zero-order valence-electron chi connectivity index (χ0n) is 15.9. The highest BCUT2D eigenvalue weighted by molar-refractivity contribution is 6.07. The summed E-state index contributed by atoms with van der Waals surface area (Å²) in [5.74, 6) is 0.173. The number of carbonyl (C=O) groups excluding carboxylic acids is 1. The molecule has 0 atom stereocenters. The first-order valence-electron chi connectivity index (χ1n) is 8.88. The van der Waals surface area contributed by atoms with E-state index in [0.717, 1.165) is 11.4 Å². The van der Waals surface area contributed by atoms with Gasteiger partial charge in [-0.1, -0.05) is 18.2 Å². The Morgan fingerprint density at radius 1 is 1.00 bits per heavy atom. The van der Waals surface area contributed by atoms with Crippen LogP contribution >= 0.6 is 0 Å². The molecule has 29 heavy (non-hydrogen) atoms. The van der Waals surface area contributed by atoms with Gasteiger partial charge in [-0.3, -0.25) is 4.79 Å². The van der Waals surface area contributed by atoms with Crippen molar-refractivity contribution in [2.45, 2.75) is 0 Å². The minimum absolute atomic E-state index is 0.0403. The lowest BCUT2D eigenvalue weighted by Crippen LogP contribution is -2.17. The summed E-state index contributed by atoms with van der Waals surface area (Å²) in [6.07, 6.45) is 1.51. The Kier molecular flexibility index (Phi) is 6.13. The van der Waals surface area contributed by atoms with Gasteiger partial charge in [0.2, 0.25) is 0 Å². The zero-order valence-corrected chi connectivity index (χ0v) is 15.9. The monoisotopic (exact) mass is 384 g/mol. The summed E-state index contributed by atoms with van der Waals surface area (Å²) in [6.45, 7) is 0. The number of anilines is 4. The number of para-hydroxylation sites is 1. The molecule has 0 aliphatic rings. The van der Waals surface area contributed by atoms with E-state index in [1.54, 1.807) is 48.4 Å². The van der Waals surface area contributed by atoms with Crippen molar-refractivity contribution in [3.63, 3.8) is 0 Å². The summed E-state index contributed by atoms with van der Waals surface area (Å²) in [4.78, 5) is 14.4. The molecule has 0 fully saturated rings. The molecule has 0 saturated heterocycles. The van der Waals surface area contributed by atoms with Gasteiger partial charge < -0.3 is 20.7 Å². The average molecular weight is 384 g/mol. The van der Waals surface area contributed by atoms with Crippen LogP contribution in [-0.2, 0) is 4.79 Å². The third kappa shape index (κ3) is 4.93. The smallest absolute Gasteiger partial charge is 0.267 e. The molecule has 3 N–H and O–H groups in total. The average Bonchev–Trinajstić information content (AvgIpc) is 2.76. The maximum absolute atomic E-state index is 12.7. The highest BCUT2D eigenvalue weighted by Crippen LogP contribution is 2.27. The number of nitriles is 1. The van der Waals surface area contributed by atoms with Crippen molar-refractivity contribution in [1.82, 2.24) is 0 Å². The Hall–Kier alpha value is -4.24. The van der Waals surface area contributed by atoms with Crippen LogP contribution in [0.2, 0.25) is 0 Å². The number of rotatable bonds is 6. The molecule has 3 aromatic rings. The number of nitrogen functional groups attached to an aromatic ring is 1. The third-order valence-electron chi connectivity index (χ3n) is 4.18. The number of nitrogens with one attached hydrogen (secondary N) is 1. The van der Waals surface area contributed by atoms with Crippen molar-refractivity contribution in [1.29, 1.82) is 5.26 Å². The quantitative estimate of drug-likeness (QED) is 0.372. The maximum atomic E-state index is 12.7. The Morgan fingerprint density at radius 3 is 2.21 bits per heavy atom. The van der Waals surface area contributed by atoms with Crippen LogP contribution in [0.3, 0.4) is 0 Å². The van der Waals surface area contributed by atoms with Crippen molar-refractivity contribution in [3.8, 4) is 11.8 Å². The van der Waals surface area contributed by atoms with Gasteiger partial charge in [-0.25, -0.2) is 0 Å². The predicted molar refractivity (Wildman–Crippen MR) is 115 cm³/mol. The summed E-state index contributed by atoms with van der Waals surface area (Å²) in [5.41, 5.74) is 8.52. The molecule has 0 spiro atoms. The van der Waals surface area contributed by atoms with Gasteiger partial charge in [0.05, 0.1) is 7.11 Å². The van der Waals surface area contributed by atoms with Crippen LogP contribution < -0.4 is 20.7 Å². The molecule has 0 heterocycles. The van der Waals surface area contributed by atoms with E-state index in [0.29, 0.717) is 17.1 Å². The fourth-order valence-electron chi connectivity index (χ4n) is 2.66. The highest BCUT2D eigenvalue weighted by Gasteiger charge is 2.14. The summed E-state index contributed by atoms with van der Waals surface area (Å²) >= 11 is 0.